The van der Waals surface area contributed by atoms with E-state index in [0.717, 1.165) is 11.0 Å². The van der Waals surface area contributed by atoms with Crippen LogP contribution < -0.4 is 0 Å². The fourth-order valence-electron chi connectivity index (χ4n) is 1.00. The van der Waals surface area contributed by atoms with E-state index in [0.29, 0.717) is 5.76 Å². The van der Waals surface area contributed by atoms with E-state index in [4.69, 9.17) is 11.3 Å². The Bertz CT molecular complexity index is 313. The second-order valence-corrected chi connectivity index (χ2v) is 2.19. The molecule has 2 aromatic rings. The highest BCUT2D eigenvalue weighted by atomic mass is 16.3. The van der Waals surface area contributed by atoms with Crippen molar-refractivity contribution < 1.29 is 4.42 Å². The van der Waals surface area contributed by atoms with Crippen molar-refractivity contribution in [2.45, 2.75) is 0 Å². The lowest BCUT2D eigenvalue weighted by Crippen LogP contribution is -1.57. The molecule has 0 amide bonds. The van der Waals surface area contributed by atoms with Gasteiger partial charge in [0.2, 0.25) is 0 Å². The Morgan fingerprint density at radius 2 is 2.00 bits per heavy atom. The van der Waals surface area contributed by atoms with Crippen LogP contribution in [0.4, 0.5) is 0 Å². The van der Waals surface area contributed by atoms with E-state index >= 15 is 0 Å². The molecular formula is C9H6O. The topological polar surface area (TPSA) is 13.1 Å². The van der Waals surface area contributed by atoms with Crippen molar-refractivity contribution in [2.24, 2.45) is 0 Å². The van der Waals surface area contributed by atoms with Crippen LogP contribution in [0.2, 0.25) is 0 Å². The maximum absolute atomic E-state index is 5.42. The minimum Gasteiger partial charge on any atom is -0.461 e. The first-order valence-corrected chi connectivity index (χ1v) is 3.10. The zero-order chi connectivity index (χ0) is 6.97. The highest BCUT2D eigenvalue weighted by Gasteiger charge is 1.95. The van der Waals surface area contributed by atoms with Crippen LogP contribution in [0.1, 0.15) is 5.76 Å². The fourth-order valence-corrected chi connectivity index (χ4v) is 1.00. The Morgan fingerprint density at radius 3 is 2.80 bits per heavy atom. The molecule has 2 rings (SSSR count). The molecule has 0 bridgehead atoms. The molecule has 0 aliphatic carbocycles. The molecule has 2 radical (unpaired) electrons. The number of para-hydroxylation sites is 1. The Balaban J connectivity index is 2.88. The lowest BCUT2D eigenvalue weighted by atomic mass is 10.2. The van der Waals surface area contributed by atoms with Gasteiger partial charge >= 0.3 is 0 Å². The van der Waals surface area contributed by atoms with Crippen LogP contribution in [-0.4, -0.2) is 0 Å². The van der Waals surface area contributed by atoms with E-state index in [2.05, 4.69) is 0 Å². The summed E-state index contributed by atoms with van der Waals surface area (Å²) in [5.41, 5.74) is 0.847. The van der Waals surface area contributed by atoms with Gasteiger partial charge in [-0.25, -0.2) is 0 Å². The third-order valence-corrected chi connectivity index (χ3v) is 1.44. The maximum Gasteiger partial charge on any atom is 0.134 e. The average Bonchev–Trinajstić information content (AvgIpc) is 2.27. The summed E-state index contributed by atoms with van der Waals surface area (Å²) in [6, 6.07) is 9.55. The van der Waals surface area contributed by atoms with Gasteiger partial charge in [0.1, 0.15) is 11.3 Å². The lowest BCUT2D eigenvalue weighted by molar-refractivity contribution is 0.595. The van der Waals surface area contributed by atoms with Crippen molar-refractivity contribution in [3.63, 3.8) is 0 Å². The van der Waals surface area contributed by atoms with E-state index in [-0.39, 0.29) is 0 Å². The summed E-state index contributed by atoms with van der Waals surface area (Å²) >= 11 is 0. The van der Waals surface area contributed by atoms with Crippen LogP contribution in [0.5, 0.6) is 0 Å². The van der Waals surface area contributed by atoms with E-state index in [1.54, 1.807) is 0 Å². The van der Waals surface area contributed by atoms with Gasteiger partial charge in [-0.1, -0.05) is 18.2 Å². The average molecular weight is 130 g/mol. The van der Waals surface area contributed by atoms with Crippen molar-refractivity contribution in [2.75, 3.05) is 0 Å². The summed E-state index contributed by atoms with van der Waals surface area (Å²) < 4.78 is 5.15. The normalized spacial score (nSPS) is 10.5. The van der Waals surface area contributed by atoms with Crippen LogP contribution in [-0.2, 0) is 0 Å². The van der Waals surface area contributed by atoms with Gasteiger partial charge in [0.15, 0.2) is 0 Å². The number of hydrogen-bond acceptors (Lipinski definition) is 1. The molecule has 1 aromatic carbocycles. The van der Waals surface area contributed by atoms with E-state index in [1.807, 2.05) is 30.3 Å². The Labute approximate surface area is 59.3 Å². The van der Waals surface area contributed by atoms with Gasteiger partial charge in [-0.05, 0) is 12.1 Å². The molecule has 0 N–H and O–H groups in total. The van der Waals surface area contributed by atoms with Gasteiger partial charge in [0, 0.05) is 12.3 Å². The first kappa shape index (κ1) is 5.54. The summed E-state index contributed by atoms with van der Waals surface area (Å²) in [7, 11) is 0. The maximum atomic E-state index is 5.42. The molecule has 0 saturated carbocycles. The molecule has 0 spiro atoms. The number of benzene rings is 1. The van der Waals surface area contributed by atoms with Crippen molar-refractivity contribution in [3.8, 4) is 0 Å². The van der Waals surface area contributed by atoms with Crippen molar-refractivity contribution in [1.82, 2.24) is 0 Å². The molecule has 1 aromatic heterocycles. The highest BCUT2D eigenvalue weighted by molar-refractivity contribution is 5.77. The molecule has 0 saturated heterocycles. The monoisotopic (exact) mass is 130 g/mol. The van der Waals surface area contributed by atoms with Crippen molar-refractivity contribution >= 4 is 11.0 Å². The van der Waals surface area contributed by atoms with Crippen LogP contribution in [0.15, 0.2) is 34.7 Å². The predicted molar refractivity (Wildman–Crippen MR) is 39.6 cm³/mol. The molecule has 0 atom stereocenters. The quantitative estimate of drug-likeness (QED) is 0.534. The number of furan rings is 1. The molecular weight excluding hydrogens is 124 g/mol. The molecule has 1 heteroatoms. The summed E-state index contributed by atoms with van der Waals surface area (Å²) in [6.07, 6.45) is 0. The van der Waals surface area contributed by atoms with Gasteiger partial charge in [-0.15, -0.1) is 0 Å². The van der Waals surface area contributed by atoms with Gasteiger partial charge in [-0.2, -0.15) is 0 Å². The van der Waals surface area contributed by atoms with E-state index < -0.39 is 0 Å². The van der Waals surface area contributed by atoms with Crippen molar-refractivity contribution in [1.29, 1.82) is 0 Å². The third kappa shape index (κ3) is 0.711. The number of rotatable bonds is 0. The lowest BCUT2D eigenvalue weighted by Gasteiger charge is -1.81. The Kier molecular flexibility index (Phi) is 1.04. The van der Waals surface area contributed by atoms with Crippen LogP contribution in [0, 0.1) is 6.92 Å². The first-order chi connectivity index (χ1) is 4.86. The molecule has 0 aliphatic rings. The fraction of sp³-hybridized carbons (Fsp3) is 0. The minimum absolute atomic E-state index is 0.473. The van der Waals surface area contributed by atoms with Crippen LogP contribution in [0.25, 0.3) is 11.0 Å². The first-order valence-electron chi connectivity index (χ1n) is 3.10. The molecule has 0 aliphatic heterocycles. The smallest absolute Gasteiger partial charge is 0.134 e. The molecule has 1 nitrogen and oxygen atoms in total. The van der Waals surface area contributed by atoms with Gasteiger partial charge in [0.05, 0.1) is 0 Å². The van der Waals surface area contributed by atoms with Gasteiger partial charge in [-0.3, -0.25) is 0 Å². The van der Waals surface area contributed by atoms with E-state index in [9.17, 15) is 0 Å². The zero-order valence-electron chi connectivity index (χ0n) is 5.37. The van der Waals surface area contributed by atoms with Crippen LogP contribution in [0.3, 0.4) is 0 Å². The van der Waals surface area contributed by atoms with Crippen molar-refractivity contribution in [3.05, 3.63) is 43.0 Å². The predicted octanol–water partition coefficient (Wildman–Crippen LogP) is 2.49. The third-order valence-electron chi connectivity index (χ3n) is 1.44. The van der Waals surface area contributed by atoms with Crippen LogP contribution >= 0.6 is 0 Å². The van der Waals surface area contributed by atoms with Gasteiger partial charge in [0.25, 0.3) is 0 Å². The zero-order valence-corrected chi connectivity index (χ0v) is 5.37. The summed E-state index contributed by atoms with van der Waals surface area (Å²) in [5, 5.41) is 1.06. The number of hydrogen-bond donors (Lipinski definition) is 0. The second kappa shape index (κ2) is 1.87. The molecule has 1 heterocycles. The molecule has 0 unspecified atom stereocenters. The summed E-state index contributed by atoms with van der Waals surface area (Å²) in [4.78, 5) is 0. The number of fused-ring (bicyclic) bond motifs is 1. The highest BCUT2D eigenvalue weighted by Crippen LogP contribution is 2.17. The Hall–Kier alpha value is -1.24. The SMILES string of the molecule is [CH]c1cc2ccccc2o1. The second-order valence-electron chi connectivity index (χ2n) is 2.19. The summed E-state index contributed by atoms with van der Waals surface area (Å²) in [5.74, 6) is 0.473. The molecule has 0 fully saturated rings. The summed E-state index contributed by atoms with van der Waals surface area (Å²) in [6.45, 7) is 5.42. The standard InChI is InChI=1S/C9H6O/c1-7-6-8-4-2-3-5-9(8)10-7/h1-6H. The molecule has 10 heavy (non-hydrogen) atoms. The van der Waals surface area contributed by atoms with Gasteiger partial charge < -0.3 is 4.42 Å². The molecule has 48 valence electrons. The van der Waals surface area contributed by atoms with E-state index in [1.165, 1.54) is 0 Å². The largest absolute Gasteiger partial charge is 0.461 e. The Morgan fingerprint density at radius 1 is 1.20 bits per heavy atom. The minimum atomic E-state index is 0.473.